The number of hydrogen-bond donors (Lipinski definition) is 1. The zero-order valence-corrected chi connectivity index (χ0v) is 10.4. The molecule has 1 aromatic heterocycles. The Hall–Kier alpha value is -1.36. The summed E-state index contributed by atoms with van der Waals surface area (Å²) in [7, 11) is 0. The Kier molecular flexibility index (Phi) is 3.19. The molecule has 5 heteroatoms. The number of morpholine rings is 1. The average Bonchev–Trinajstić information content (AvgIpc) is 2.22. The lowest BCUT2D eigenvalue weighted by atomic mass is 10.2. The van der Waals surface area contributed by atoms with E-state index in [-0.39, 0.29) is 18.0 Å². The first kappa shape index (κ1) is 12.1. The first-order valence-electron chi connectivity index (χ1n) is 5.80. The quantitative estimate of drug-likeness (QED) is 0.810. The van der Waals surface area contributed by atoms with Gasteiger partial charge in [-0.15, -0.1) is 0 Å². The van der Waals surface area contributed by atoms with Crippen LogP contribution in [0.5, 0.6) is 0 Å². The smallest absolute Gasteiger partial charge is 0.167 e. The van der Waals surface area contributed by atoms with Crippen LogP contribution in [0.3, 0.4) is 0 Å². The van der Waals surface area contributed by atoms with Crippen LogP contribution in [0.4, 0.5) is 15.9 Å². The molecule has 2 N–H and O–H groups in total. The van der Waals surface area contributed by atoms with E-state index in [1.54, 1.807) is 6.92 Å². The zero-order chi connectivity index (χ0) is 12.6. The molecule has 1 saturated heterocycles. The maximum absolute atomic E-state index is 13.8. The third-order valence-corrected chi connectivity index (χ3v) is 2.91. The summed E-state index contributed by atoms with van der Waals surface area (Å²) in [5, 5.41) is 0. The number of aryl methyl sites for hydroxylation is 1. The molecule has 4 nitrogen and oxygen atoms in total. The fraction of sp³-hybridized carbons (Fsp3) is 0.583. The number of halogens is 1. The molecule has 1 aliphatic rings. The summed E-state index contributed by atoms with van der Waals surface area (Å²) in [6.45, 7) is 7.04. The molecular formula is C12H18FN3O. The summed E-state index contributed by atoms with van der Waals surface area (Å²) in [5.74, 6) is 0.00750. The van der Waals surface area contributed by atoms with Crippen molar-refractivity contribution in [3.63, 3.8) is 0 Å². The van der Waals surface area contributed by atoms with Crippen molar-refractivity contribution in [3.8, 4) is 0 Å². The fourth-order valence-corrected chi connectivity index (χ4v) is 2.15. The molecule has 0 saturated carbocycles. The van der Waals surface area contributed by atoms with Crippen molar-refractivity contribution in [3.05, 3.63) is 17.6 Å². The number of nitrogens with zero attached hydrogens (tertiary/aromatic N) is 2. The molecule has 2 unspecified atom stereocenters. The van der Waals surface area contributed by atoms with Crippen molar-refractivity contribution in [2.45, 2.75) is 33.0 Å². The second-order valence-electron chi connectivity index (χ2n) is 4.63. The van der Waals surface area contributed by atoms with Crippen molar-refractivity contribution in [1.29, 1.82) is 0 Å². The van der Waals surface area contributed by atoms with Gasteiger partial charge in [0, 0.05) is 19.2 Å². The highest BCUT2D eigenvalue weighted by Crippen LogP contribution is 2.24. The van der Waals surface area contributed by atoms with Gasteiger partial charge < -0.3 is 15.4 Å². The van der Waals surface area contributed by atoms with Gasteiger partial charge in [0.1, 0.15) is 0 Å². The number of nitrogen functional groups attached to an aromatic ring is 1. The maximum Gasteiger partial charge on any atom is 0.167 e. The second kappa shape index (κ2) is 4.49. The highest BCUT2D eigenvalue weighted by molar-refractivity contribution is 5.52. The van der Waals surface area contributed by atoms with Gasteiger partial charge in [-0.3, -0.25) is 0 Å². The molecule has 0 aromatic carbocycles. The molecule has 2 atom stereocenters. The van der Waals surface area contributed by atoms with Crippen LogP contribution in [0.1, 0.15) is 19.5 Å². The Balaban J connectivity index is 2.30. The Labute approximate surface area is 101 Å². The summed E-state index contributed by atoms with van der Waals surface area (Å²) < 4.78 is 19.5. The van der Waals surface area contributed by atoms with E-state index in [1.165, 1.54) is 6.07 Å². The molecule has 0 radical (unpaired) electrons. The van der Waals surface area contributed by atoms with Gasteiger partial charge in [-0.2, -0.15) is 0 Å². The van der Waals surface area contributed by atoms with Gasteiger partial charge in [0.05, 0.1) is 23.6 Å². The number of anilines is 2. The molecule has 1 fully saturated rings. The van der Waals surface area contributed by atoms with Gasteiger partial charge in [-0.05, 0) is 20.8 Å². The lowest BCUT2D eigenvalue weighted by Crippen LogP contribution is -2.46. The number of aromatic nitrogens is 1. The number of nitrogens with two attached hydrogens (primary N) is 1. The Morgan fingerprint density at radius 3 is 2.59 bits per heavy atom. The number of hydrogen-bond acceptors (Lipinski definition) is 4. The van der Waals surface area contributed by atoms with E-state index in [2.05, 4.69) is 4.98 Å². The lowest BCUT2D eigenvalue weighted by molar-refractivity contribution is -0.00565. The molecule has 0 aliphatic carbocycles. The van der Waals surface area contributed by atoms with Crippen LogP contribution < -0.4 is 10.6 Å². The van der Waals surface area contributed by atoms with Gasteiger partial charge in [0.15, 0.2) is 11.6 Å². The second-order valence-corrected chi connectivity index (χ2v) is 4.63. The Bertz CT molecular complexity index is 414. The molecule has 2 rings (SSSR count). The van der Waals surface area contributed by atoms with Crippen LogP contribution in [0.2, 0.25) is 0 Å². The molecule has 0 bridgehead atoms. The van der Waals surface area contributed by atoms with Crippen LogP contribution in [-0.4, -0.2) is 30.3 Å². The molecule has 2 heterocycles. The summed E-state index contributed by atoms with van der Waals surface area (Å²) in [4.78, 5) is 6.15. The normalized spacial score (nSPS) is 25.1. The fourth-order valence-electron chi connectivity index (χ4n) is 2.15. The summed E-state index contributed by atoms with van der Waals surface area (Å²) in [5.41, 5.74) is 6.68. The van der Waals surface area contributed by atoms with Crippen LogP contribution >= 0.6 is 0 Å². The molecule has 1 aliphatic heterocycles. The van der Waals surface area contributed by atoms with Crippen molar-refractivity contribution in [1.82, 2.24) is 4.98 Å². The predicted octanol–water partition coefficient (Wildman–Crippen LogP) is 1.72. The van der Waals surface area contributed by atoms with Gasteiger partial charge in [-0.1, -0.05) is 0 Å². The monoisotopic (exact) mass is 239 g/mol. The van der Waals surface area contributed by atoms with Crippen LogP contribution in [0.15, 0.2) is 6.07 Å². The molecular weight excluding hydrogens is 221 g/mol. The maximum atomic E-state index is 13.8. The van der Waals surface area contributed by atoms with Gasteiger partial charge in [0.25, 0.3) is 0 Å². The molecule has 1 aromatic rings. The summed E-state index contributed by atoms with van der Waals surface area (Å²) >= 11 is 0. The van der Waals surface area contributed by atoms with Gasteiger partial charge in [0.2, 0.25) is 0 Å². The first-order chi connectivity index (χ1) is 7.97. The van der Waals surface area contributed by atoms with Gasteiger partial charge in [-0.25, -0.2) is 9.37 Å². The van der Waals surface area contributed by atoms with Crippen molar-refractivity contribution < 1.29 is 9.13 Å². The topological polar surface area (TPSA) is 51.4 Å². The zero-order valence-electron chi connectivity index (χ0n) is 10.4. The van der Waals surface area contributed by atoms with Crippen LogP contribution in [0.25, 0.3) is 0 Å². The molecule has 0 amide bonds. The third-order valence-electron chi connectivity index (χ3n) is 2.91. The minimum Gasteiger partial charge on any atom is -0.397 e. The van der Waals surface area contributed by atoms with Crippen molar-refractivity contribution in [2.24, 2.45) is 0 Å². The van der Waals surface area contributed by atoms with Crippen LogP contribution in [-0.2, 0) is 4.74 Å². The average molecular weight is 239 g/mol. The lowest BCUT2D eigenvalue weighted by Gasteiger charge is -2.36. The first-order valence-corrected chi connectivity index (χ1v) is 5.80. The van der Waals surface area contributed by atoms with E-state index in [9.17, 15) is 4.39 Å². The molecule has 17 heavy (non-hydrogen) atoms. The number of pyridine rings is 1. The molecule has 0 spiro atoms. The largest absolute Gasteiger partial charge is 0.397 e. The van der Waals surface area contributed by atoms with E-state index in [4.69, 9.17) is 10.5 Å². The van der Waals surface area contributed by atoms with Gasteiger partial charge >= 0.3 is 0 Å². The van der Waals surface area contributed by atoms with E-state index in [1.807, 2.05) is 18.7 Å². The SMILES string of the molecule is Cc1nc(N2CC(C)OC(C)C2)c(F)cc1N. The third kappa shape index (κ3) is 2.49. The predicted molar refractivity (Wildman–Crippen MR) is 65.6 cm³/mol. The van der Waals surface area contributed by atoms with E-state index in [0.717, 1.165) is 0 Å². The Morgan fingerprint density at radius 1 is 1.41 bits per heavy atom. The number of rotatable bonds is 1. The Morgan fingerprint density at radius 2 is 2.00 bits per heavy atom. The van der Waals surface area contributed by atoms with Crippen molar-refractivity contribution in [2.75, 3.05) is 23.7 Å². The highest BCUT2D eigenvalue weighted by Gasteiger charge is 2.25. The molecule has 94 valence electrons. The minimum absolute atomic E-state index is 0.0813. The van der Waals surface area contributed by atoms with Crippen LogP contribution in [0, 0.1) is 12.7 Å². The summed E-state index contributed by atoms with van der Waals surface area (Å²) in [6.07, 6.45) is 0.163. The minimum atomic E-state index is -0.366. The summed E-state index contributed by atoms with van der Waals surface area (Å²) in [6, 6.07) is 1.34. The standard InChI is InChI=1S/C12H18FN3O/c1-7-5-16(6-8(2)17-7)12-10(13)4-11(14)9(3)15-12/h4,7-8H,5-6,14H2,1-3H3. The van der Waals surface area contributed by atoms with E-state index >= 15 is 0 Å². The highest BCUT2D eigenvalue weighted by atomic mass is 19.1. The van der Waals surface area contributed by atoms with E-state index in [0.29, 0.717) is 30.3 Å². The van der Waals surface area contributed by atoms with E-state index < -0.39 is 0 Å². The number of ether oxygens (including phenoxy) is 1. The van der Waals surface area contributed by atoms with Crippen molar-refractivity contribution >= 4 is 11.5 Å².